The molecular formula is C16H16O4. The number of ether oxygens (including phenoxy) is 1. The number of aldehydes is 1. The van der Waals surface area contributed by atoms with Crippen molar-refractivity contribution in [2.45, 2.75) is 20.0 Å². The Morgan fingerprint density at radius 2 is 2.05 bits per heavy atom. The molecule has 0 radical (unpaired) electrons. The first-order chi connectivity index (χ1) is 9.60. The van der Waals surface area contributed by atoms with Crippen molar-refractivity contribution in [2.24, 2.45) is 0 Å². The van der Waals surface area contributed by atoms with Gasteiger partial charge in [-0.1, -0.05) is 12.1 Å². The first kappa shape index (κ1) is 14.2. The molecule has 0 heterocycles. The van der Waals surface area contributed by atoms with Gasteiger partial charge in [0.05, 0.1) is 13.7 Å². The van der Waals surface area contributed by atoms with E-state index in [0.29, 0.717) is 22.3 Å². The normalized spacial score (nSPS) is 10.6. The van der Waals surface area contributed by atoms with Crippen molar-refractivity contribution in [3.05, 3.63) is 41.0 Å². The number of rotatable bonds is 5. The second-order valence-corrected chi connectivity index (χ2v) is 4.69. The Labute approximate surface area is 117 Å². The third-order valence-electron chi connectivity index (χ3n) is 3.25. The van der Waals surface area contributed by atoms with Gasteiger partial charge < -0.3 is 9.84 Å². The number of benzene rings is 2. The number of ketones is 1. The third kappa shape index (κ3) is 2.56. The molecule has 0 aliphatic rings. The number of carbonyl (C=O) groups is 2. The van der Waals surface area contributed by atoms with E-state index >= 15 is 0 Å². The highest BCUT2D eigenvalue weighted by Gasteiger charge is 2.12. The van der Waals surface area contributed by atoms with E-state index in [1.807, 2.05) is 12.1 Å². The molecule has 0 amide bonds. The van der Waals surface area contributed by atoms with Gasteiger partial charge in [-0.2, -0.15) is 0 Å². The summed E-state index contributed by atoms with van der Waals surface area (Å²) in [6, 6.07) is 7.13. The molecule has 0 aliphatic carbocycles. The first-order valence-electron chi connectivity index (χ1n) is 6.28. The molecule has 0 unspecified atom stereocenters. The van der Waals surface area contributed by atoms with Crippen LogP contribution in [0.25, 0.3) is 10.8 Å². The number of hydrogen-bond acceptors (Lipinski definition) is 4. The minimum absolute atomic E-state index is 0.0392. The number of fused-ring (bicyclic) bond motifs is 1. The lowest BCUT2D eigenvalue weighted by atomic mass is 9.96. The Morgan fingerprint density at radius 3 is 2.60 bits per heavy atom. The summed E-state index contributed by atoms with van der Waals surface area (Å²) in [6.45, 7) is 1.31. The molecule has 0 aliphatic heterocycles. The summed E-state index contributed by atoms with van der Waals surface area (Å²) >= 11 is 0. The van der Waals surface area contributed by atoms with E-state index in [4.69, 9.17) is 4.74 Å². The molecular weight excluding hydrogens is 256 g/mol. The molecule has 2 aromatic rings. The summed E-state index contributed by atoms with van der Waals surface area (Å²) in [7, 11) is 1.55. The largest absolute Gasteiger partial charge is 0.496 e. The zero-order valence-electron chi connectivity index (χ0n) is 11.5. The summed E-state index contributed by atoms with van der Waals surface area (Å²) in [6.07, 6.45) is 1.01. The fraction of sp³-hybridized carbons (Fsp3) is 0.250. The maximum Gasteiger partial charge on any atom is 0.151 e. The second-order valence-electron chi connectivity index (χ2n) is 4.69. The second kappa shape index (κ2) is 5.84. The molecule has 0 atom stereocenters. The van der Waals surface area contributed by atoms with E-state index in [1.165, 1.54) is 6.92 Å². The van der Waals surface area contributed by atoms with Gasteiger partial charge >= 0.3 is 0 Å². The lowest BCUT2D eigenvalue weighted by molar-refractivity contribution is -0.116. The van der Waals surface area contributed by atoms with Crippen molar-refractivity contribution >= 4 is 22.8 Å². The van der Waals surface area contributed by atoms with Gasteiger partial charge in [-0.15, -0.1) is 0 Å². The number of methoxy groups -OCH3 is 1. The van der Waals surface area contributed by atoms with Crippen LogP contribution in [0.15, 0.2) is 24.3 Å². The van der Waals surface area contributed by atoms with Crippen LogP contribution in [0.3, 0.4) is 0 Å². The molecule has 4 nitrogen and oxygen atoms in total. The Bertz CT molecular complexity index is 674. The van der Waals surface area contributed by atoms with E-state index in [-0.39, 0.29) is 18.8 Å². The Hall–Kier alpha value is -2.20. The smallest absolute Gasteiger partial charge is 0.151 e. The van der Waals surface area contributed by atoms with Gasteiger partial charge in [0, 0.05) is 17.4 Å². The number of carbonyl (C=O) groups excluding carboxylic acids is 2. The van der Waals surface area contributed by atoms with Crippen LogP contribution in [0.1, 0.15) is 28.4 Å². The lowest BCUT2D eigenvalue weighted by Crippen LogP contribution is -2.00. The van der Waals surface area contributed by atoms with Crippen LogP contribution in [0.4, 0.5) is 0 Å². The highest BCUT2D eigenvalue weighted by molar-refractivity contribution is 6.02. The van der Waals surface area contributed by atoms with Gasteiger partial charge in [-0.25, -0.2) is 0 Å². The van der Waals surface area contributed by atoms with Gasteiger partial charge in [0.1, 0.15) is 11.5 Å². The van der Waals surface area contributed by atoms with Crippen molar-refractivity contribution in [1.29, 1.82) is 0 Å². The Kier molecular flexibility index (Phi) is 4.15. The molecule has 2 rings (SSSR count). The molecule has 0 fully saturated rings. The van der Waals surface area contributed by atoms with E-state index in [9.17, 15) is 14.7 Å². The molecule has 0 aromatic heterocycles. The highest BCUT2D eigenvalue weighted by atomic mass is 16.5. The van der Waals surface area contributed by atoms with Gasteiger partial charge in [0.2, 0.25) is 0 Å². The zero-order chi connectivity index (χ0) is 14.7. The number of aliphatic hydroxyl groups excluding tert-OH is 1. The van der Waals surface area contributed by atoms with E-state index in [2.05, 4.69) is 0 Å². The first-order valence-corrected chi connectivity index (χ1v) is 6.28. The van der Waals surface area contributed by atoms with Crippen LogP contribution in [0, 0.1) is 0 Å². The SMILES string of the molecule is COc1cc(CC(C)=O)cc2c(C=O)c(CO)ccc12. The Balaban J connectivity index is 2.77. The summed E-state index contributed by atoms with van der Waals surface area (Å²) in [5.74, 6) is 0.656. The molecule has 0 saturated heterocycles. The fourth-order valence-corrected chi connectivity index (χ4v) is 2.36. The molecule has 0 spiro atoms. The maximum absolute atomic E-state index is 11.3. The standard InChI is InChI=1S/C16H16O4/c1-10(19)5-11-6-14-13(16(7-11)20-2)4-3-12(8-17)15(14)9-18/h3-4,6-7,9,17H,5,8H2,1-2H3. The van der Waals surface area contributed by atoms with Gasteiger partial charge in [-0.3, -0.25) is 9.59 Å². The number of aliphatic hydroxyl groups is 1. The quantitative estimate of drug-likeness (QED) is 0.848. The van der Waals surface area contributed by atoms with Gasteiger partial charge in [0.15, 0.2) is 6.29 Å². The monoisotopic (exact) mass is 272 g/mol. The van der Waals surface area contributed by atoms with Crippen molar-refractivity contribution < 1.29 is 19.4 Å². The van der Waals surface area contributed by atoms with Crippen molar-refractivity contribution in [2.75, 3.05) is 7.11 Å². The van der Waals surface area contributed by atoms with Crippen LogP contribution in [-0.4, -0.2) is 24.3 Å². The predicted octanol–water partition coefficient (Wildman–Crippen LogP) is 2.28. The Morgan fingerprint density at radius 1 is 1.30 bits per heavy atom. The summed E-state index contributed by atoms with van der Waals surface area (Å²) in [5.41, 5.74) is 1.79. The molecule has 104 valence electrons. The molecule has 0 saturated carbocycles. The lowest BCUT2D eigenvalue weighted by Gasteiger charge is -2.12. The fourth-order valence-electron chi connectivity index (χ4n) is 2.36. The van der Waals surface area contributed by atoms with E-state index < -0.39 is 0 Å². The maximum atomic E-state index is 11.3. The highest BCUT2D eigenvalue weighted by Crippen LogP contribution is 2.31. The molecule has 20 heavy (non-hydrogen) atoms. The zero-order valence-corrected chi connectivity index (χ0v) is 11.5. The van der Waals surface area contributed by atoms with Gasteiger partial charge in [0.25, 0.3) is 0 Å². The van der Waals surface area contributed by atoms with E-state index in [1.54, 1.807) is 19.2 Å². The number of Topliss-reactive ketones (excluding diaryl/α,β-unsaturated/α-hetero) is 1. The third-order valence-corrected chi connectivity index (χ3v) is 3.25. The van der Waals surface area contributed by atoms with Gasteiger partial charge in [-0.05, 0) is 35.6 Å². The average molecular weight is 272 g/mol. The summed E-state index contributed by atoms with van der Waals surface area (Å²) < 4.78 is 5.33. The molecule has 4 heteroatoms. The van der Waals surface area contributed by atoms with Crippen molar-refractivity contribution in [1.82, 2.24) is 0 Å². The topological polar surface area (TPSA) is 63.6 Å². The molecule has 0 bridgehead atoms. The summed E-state index contributed by atoms with van der Waals surface area (Å²) in [5, 5.41) is 10.8. The molecule has 1 N–H and O–H groups in total. The average Bonchev–Trinajstić information content (AvgIpc) is 2.44. The van der Waals surface area contributed by atoms with Crippen LogP contribution in [0.2, 0.25) is 0 Å². The van der Waals surface area contributed by atoms with Crippen molar-refractivity contribution in [3.63, 3.8) is 0 Å². The van der Waals surface area contributed by atoms with Crippen LogP contribution < -0.4 is 4.74 Å². The van der Waals surface area contributed by atoms with Crippen LogP contribution in [0.5, 0.6) is 5.75 Å². The summed E-state index contributed by atoms with van der Waals surface area (Å²) in [4.78, 5) is 22.6. The molecule has 2 aromatic carbocycles. The number of hydrogen-bond donors (Lipinski definition) is 1. The minimum atomic E-state index is -0.205. The van der Waals surface area contributed by atoms with Crippen LogP contribution in [-0.2, 0) is 17.8 Å². The van der Waals surface area contributed by atoms with Crippen LogP contribution >= 0.6 is 0 Å². The van der Waals surface area contributed by atoms with Crippen molar-refractivity contribution in [3.8, 4) is 5.75 Å². The van der Waals surface area contributed by atoms with E-state index in [0.717, 1.165) is 17.2 Å². The predicted molar refractivity (Wildman–Crippen MR) is 76.2 cm³/mol. The minimum Gasteiger partial charge on any atom is -0.496 e.